The van der Waals surface area contributed by atoms with Crippen LogP contribution >= 0.6 is 0 Å². The molecule has 6 heteroatoms. The number of anilines is 1. The molecule has 0 radical (unpaired) electrons. The lowest BCUT2D eigenvalue weighted by atomic mass is 9.94. The quantitative estimate of drug-likeness (QED) is 0.894. The predicted molar refractivity (Wildman–Crippen MR) is 78.0 cm³/mol. The van der Waals surface area contributed by atoms with Crippen molar-refractivity contribution in [1.29, 1.82) is 0 Å². The number of benzene rings is 1. The molecule has 1 fully saturated rings. The Kier molecular flexibility index (Phi) is 3.60. The van der Waals surface area contributed by atoms with Crippen molar-refractivity contribution in [3.63, 3.8) is 0 Å². The number of nitrogens with one attached hydrogen (secondary N) is 2. The molecule has 1 aliphatic carbocycles. The lowest BCUT2D eigenvalue weighted by Gasteiger charge is -2.19. The first-order valence-corrected chi connectivity index (χ1v) is 7.06. The number of carbonyl (C=O) groups excluding carboxylic acids is 2. The molecule has 0 spiro atoms. The lowest BCUT2D eigenvalue weighted by molar-refractivity contribution is -0.121. The number of hydrogen-bond acceptors (Lipinski definition) is 4. The van der Waals surface area contributed by atoms with Gasteiger partial charge in [0.1, 0.15) is 6.10 Å². The molecule has 1 aliphatic heterocycles. The Bertz CT molecular complexity index is 591. The van der Waals surface area contributed by atoms with Crippen LogP contribution in [0.5, 0.6) is 0 Å². The Hall–Kier alpha value is -2.37. The van der Waals surface area contributed by atoms with Gasteiger partial charge in [-0.2, -0.15) is 5.10 Å². The minimum atomic E-state index is -0.416. The fourth-order valence-electron chi connectivity index (χ4n) is 2.21. The third-order valence-corrected chi connectivity index (χ3v) is 3.48. The second kappa shape index (κ2) is 5.55. The van der Waals surface area contributed by atoms with Crippen LogP contribution in [0.25, 0.3) is 0 Å². The third kappa shape index (κ3) is 3.39. The van der Waals surface area contributed by atoms with Crippen LogP contribution in [0, 0.1) is 5.92 Å². The average molecular weight is 287 g/mol. The largest absolute Gasteiger partial charge is 0.446 e. The van der Waals surface area contributed by atoms with E-state index in [0.717, 1.165) is 24.1 Å². The molecule has 3 rings (SSSR count). The Labute approximate surface area is 122 Å². The van der Waals surface area contributed by atoms with Crippen molar-refractivity contribution in [3.8, 4) is 0 Å². The van der Waals surface area contributed by atoms with Crippen molar-refractivity contribution in [3.05, 3.63) is 29.8 Å². The maximum Gasteiger partial charge on any atom is 0.411 e. The van der Waals surface area contributed by atoms with Crippen molar-refractivity contribution < 1.29 is 14.3 Å². The van der Waals surface area contributed by atoms with Crippen LogP contribution in [0.4, 0.5) is 10.5 Å². The summed E-state index contributed by atoms with van der Waals surface area (Å²) in [5.74, 6) is 0.0183. The summed E-state index contributed by atoms with van der Waals surface area (Å²) in [5, 5.41) is 6.80. The number of hydrogen-bond donors (Lipinski definition) is 2. The molecule has 0 bridgehead atoms. The van der Waals surface area contributed by atoms with Gasteiger partial charge in [-0.3, -0.25) is 10.1 Å². The number of ether oxygens (including phenoxy) is 1. The van der Waals surface area contributed by atoms with E-state index in [-0.39, 0.29) is 17.9 Å². The van der Waals surface area contributed by atoms with E-state index in [9.17, 15) is 9.59 Å². The molecule has 1 unspecified atom stereocenters. The smallest absolute Gasteiger partial charge is 0.411 e. The van der Waals surface area contributed by atoms with Gasteiger partial charge < -0.3 is 4.74 Å². The fraction of sp³-hybridized carbons (Fsp3) is 0.400. The average Bonchev–Trinajstić information content (AvgIpc) is 3.24. The molecule has 1 heterocycles. The summed E-state index contributed by atoms with van der Waals surface area (Å²) in [5.41, 5.74) is 4.96. The van der Waals surface area contributed by atoms with Gasteiger partial charge in [0, 0.05) is 18.0 Å². The molecular weight excluding hydrogens is 270 g/mol. The molecule has 2 aliphatic rings. The van der Waals surface area contributed by atoms with Crippen LogP contribution in [0.15, 0.2) is 29.4 Å². The summed E-state index contributed by atoms with van der Waals surface area (Å²) in [6.07, 6.45) is 2.02. The molecule has 110 valence electrons. The van der Waals surface area contributed by atoms with Crippen molar-refractivity contribution in [1.82, 2.24) is 5.43 Å². The molecular formula is C15H17N3O3. The second-order valence-electron chi connectivity index (χ2n) is 5.44. The summed E-state index contributed by atoms with van der Waals surface area (Å²) in [6.45, 7) is 1.97. The predicted octanol–water partition coefficient (Wildman–Crippen LogP) is 2.26. The first kappa shape index (κ1) is 13.6. The van der Waals surface area contributed by atoms with E-state index in [1.54, 1.807) is 12.1 Å². The Morgan fingerprint density at radius 3 is 2.67 bits per heavy atom. The van der Waals surface area contributed by atoms with Crippen LogP contribution < -0.4 is 10.7 Å². The van der Waals surface area contributed by atoms with Gasteiger partial charge in [0.25, 0.3) is 0 Å². The molecule has 0 saturated heterocycles. The zero-order chi connectivity index (χ0) is 14.8. The standard InChI is InChI=1S/C15H17N3O3/c1-9-8-13(19)17-18-14(9)10-2-4-11(5-3-10)16-15(20)21-12-6-7-12/h2-5,9,12H,6-8H2,1H3,(H,16,20)(H,17,19). The highest BCUT2D eigenvalue weighted by atomic mass is 16.6. The van der Waals surface area contributed by atoms with E-state index in [0.29, 0.717) is 12.1 Å². The zero-order valence-corrected chi connectivity index (χ0v) is 11.8. The number of carbonyl (C=O) groups is 2. The monoisotopic (exact) mass is 287 g/mol. The number of hydrazone groups is 1. The molecule has 6 nitrogen and oxygen atoms in total. The van der Waals surface area contributed by atoms with Gasteiger partial charge in [0.15, 0.2) is 0 Å². The second-order valence-corrected chi connectivity index (χ2v) is 5.44. The van der Waals surface area contributed by atoms with E-state index >= 15 is 0 Å². The van der Waals surface area contributed by atoms with Crippen molar-refractivity contribution in [2.75, 3.05) is 5.32 Å². The van der Waals surface area contributed by atoms with Crippen molar-refractivity contribution in [2.45, 2.75) is 32.3 Å². The van der Waals surface area contributed by atoms with E-state index in [1.807, 2.05) is 19.1 Å². The van der Waals surface area contributed by atoms with Gasteiger partial charge in [0.2, 0.25) is 5.91 Å². The van der Waals surface area contributed by atoms with Crippen LogP contribution in [0.1, 0.15) is 31.7 Å². The topological polar surface area (TPSA) is 79.8 Å². The summed E-state index contributed by atoms with van der Waals surface area (Å²) >= 11 is 0. The minimum absolute atomic E-state index is 0.0626. The molecule has 1 atom stereocenters. The fourth-order valence-corrected chi connectivity index (χ4v) is 2.21. The third-order valence-electron chi connectivity index (χ3n) is 3.48. The molecule has 21 heavy (non-hydrogen) atoms. The molecule has 1 aromatic rings. The van der Waals surface area contributed by atoms with Crippen LogP contribution in [0.2, 0.25) is 0 Å². The van der Waals surface area contributed by atoms with Gasteiger partial charge in [0.05, 0.1) is 5.71 Å². The molecule has 1 saturated carbocycles. The van der Waals surface area contributed by atoms with E-state index in [4.69, 9.17) is 4.74 Å². The molecule has 1 aromatic carbocycles. The van der Waals surface area contributed by atoms with Gasteiger partial charge in [-0.1, -0.05) is 19.1 Å². The van der Waals surface area contributed by atoms with Gasteiger partial charge in [-0.25, -0.2) is 10.2 Å². The highest BCUT2D eigenvalue weighted by Crippen LogP contribution is 2.24. The first-order valence-electron chi connectivity index (χ1n) is 7.06. The lowest BCUT2D eigenvalue weighted by Crippen LogP contribution is -2.31. The maximum absolute atomic E-state index is 11.5. The maximum atomic E-state index is 11.5. The first-order chi connectivity index (χ1) is 10.1. The van der Waals surface area contributed by atoms with Gasteiger partial charge in [-0.05, 0) is 30.5 Å². The zero-order valence-electron chi connectivity index (χ0n) is 11.8. The van der Waals surface area contributed by atoms with Crippen LogP contribution in [0.3, 0.4) is 0 Å². The van der Waals surface area contributed by atoms with Gasteiger partial charge >= 0.3 is 6.09 Å². The molecule has 0 aromatic heterocycles. The summed E-state index contributed by atoms with van der Waals surface area (Å²) in [7, 11) is 0. The summed E-state index contributed by atoms with van der Waals surface area (Å²) < 4.78 is 5.12. The van der Waals surface area contributed by atoms with E-state index in [2.05, 4.69) is 15.8 Å². The normalized spacial score (nSPS) is 21.3. The number of amides is 2. The van der Waals surface area contributed by atoms with Crippen LogP contribution in [-0.4, -0.2) is 23.8 Å². The molecule has 2 amide bonds. The number of rotatable bonds is 3. The highest BCUT2D eigenvalue weighted by molar-refractivity contribution is 6.06. The van der Waals surface area contributed by atoms with E-state index in [1.165, 1.54) is 0 Å². The Balaban J connectivity index is 1.66. The van der Waals surface area contributed by atoms with Crippen molar-refractivity contribution in [2.24, 2.45) is 11.0 Å². The Morgan fingerprint density at radius 2 is 2.05 bits per heavy atom. The van der Waals surface area contributed by atoms with Crippen LogP contribution in [-0.2, 0) is 9.53 Å². The van der Waals surface area contributed by atoms with Crippen molar-refractivity contribution >= 4 is 23.4 Å². The molecule has 2 N–H and O–H groups in total. The minimum Gasteiger partial charge on any atom is -0.446 e. The summed E-state index contributed by atoms with van der Waals surface area (Å²) in [6, 6.07) is 7.35. The van der Waals surface area contributed by atoms with E-state index < -0.39 is 6.09 Å². The number of nitrogens with zero attached hydrogens (tertiary/aromatic N) is 1. The Morgan fingerprint density at radius 1 is 1.33 bits per heavy atom. The SMILES string of the molecule is CC1CC(=O)NN=C1c1ccc(NC(=O)OC2CC2)cc1. The summed E-state index contributed by atoms with van der Waals surface area (Å²) in [4.78, 5) is 22.8. The highest BCUT2D eigenvalue weighted by Gasteiger charge is 2.26. The van der Waals surface area contributed by atoms with Gasteiger partial charge in [-0.15, -0.1) is 0 Å².